The van der Waals surface area contributed by atoms with E-state index in [4.69, 9.17) is 11.6 Å². The van der Waals surface area contributed by atoms with Gasteiger partial charge in [-0.1, -0.05) is 29.8 Å². The molecule has 2 heterocycles. The third-order valence-electron chi connectivity index (χ3n) is 4.79. The normalized spacial score (nSPS) is 22.2. The van der Waals surface area contributed by atoms with Crippen LogP contribution in [0.2, 0.25) is 5.02 Å². The van der Waals surface area contributed by atoms with Crippen molar-refractivity contribution in [3.05, 3.63) is 41.4 Å². The number of carbonyl (C=O) groups is 1. The maximum absolute atomic E-state index is 12.1. The molecule has 5 heteroatoms. The van der Waals surface area contributed by atoms with Crippen molar-refractivity contribution in [1.82, 2.24) is 10.2 Å². The summed E-state index contributed by atoms with van der Waals surface area (Å²) in [6, 6.07) is 8.09. The molecule has 3 rings (SSSR count). The second-order valence-corrected chi connectivity index (χ2v) is 7.06. The Hall–Kier alpha value is -1.52. The van der Waals surface area contributed by atoms with Crippen molar-refractivity contribution in [3.8, 4) is 0 Å². The van der Waals surface area contributed by atoms with E-state index in [1.165, 1.54) is 12.8 Å². The fourth-order valence-corrected chi connectivity index (χ4v) is 3.80. The van der Waals surface area contributed by atoms with Crippen molar-refractivity contribution in [2.24, 2.45) is 0 Å². The quantitative estimate of drug-likeness (QED) is 0.831. The monoisotopic (exact) mass is 347 g/mol. The summed E-state index contributed by atoms with van der Waals surface area (Å²) in [5, 5.41) is 3.91. The van der Waals surface area contributed by atoms with Crippen molar-refractivity contribution in [2.75, 3.05) is 37.6 Å². The number of nitrogens with one attached hydrogen (secondary N) is 1. The van der Waals surface area contributed by atoms with E-state index < -0.39 is 0 Å². The highest BCUT2D eigenvalue weighted by molar-refractivity contribution is 6.33. The van der Waals surface area contributed by atoms with E-state index in [0.29, 0.717) is 0 Å². The SMILES string of the molecule is O=C(/C=C/CN1CCCC1)NC1CCCN(c2ccccc2Cl)C1. The highest BCUT2D eigenvalue weighted by Gasteiger charge is 2.22. The number of amides is 1. The molecule has 0 aromatic heterocycles. The molecule has 1 aromatic carbocycles. The molecule has 0 aliphatic carbocycles. The Morgan fingerprint density at radius 2 is 2.00 bits per heavy atom. The maximum atomic E-state index is 12.1. The summed E-state index contributed by atoms with van der Waals surface area (Å²) in [6.45, 7) is 4.99. The third-order valence-corrected chi connectivity index (χ3v) is 5.11. The molecular formula is C19H26ClN3O. The van der Waals surface area contributed by atoms with Crippen molar-refractivity contribution < 1.29 is 4.79 Å². The van der Waals surface area contributed by atoms with Crippen LogP contribution in [0.3, 0.4) is 0 Å². The van der Waals surface area contributed by atoms with Gasteiger partial charge in [-0.05, 0) is 50.9 Å². The molecule has 1 N–H and O–H groups in total. The lowest BCUT2D eigenvalue weighted by molar-refractivity contribution is -0.117. The summed E-state index contributed by atoms with van der Waals surface area (Å²) >= 11 is 6.30. The number of carbonyl (C=O) groups excluding carboxylic acids is 1. The maximum Gasteiger partial charge on any atom is 0.243 e. The number of para-hydroxylation sites is 1. The minimum absolute atomic E-state index is 0.0141. The van der Waals surface area contributed by atoms with Gasteiger partial charge in [0, 0.05) is 31.8 Å². The fourth-order valence-electron chi connectivity index (χ4n) is 3.55. The predicted molar refractivity (Wildman–Crippen MR) is 99.6 cm³/mol. The zero-order valence-corrected chi connectivity index (χ0v) is 14.8. The summed E-state index contributed by atoms with van der Waals surface area (Å²) < 4.78 is 0. The van der Waals surface area contributed by atoms with E-state index in [9.17, 15) is 4.79 Å². The number of likely N-dealkylation sites (tertiary alicyclic amines) is 1. The van der Waals surface area contributed by atoms with E-state index in [0.717, 1.165) is 56.3 Å². The first-order valence-electron chi connectivity index (χ1n) is 8.91. The second-order valence-electron chi connectivity index (χ2n) is 6.66. The Labute approximate surface area is 149 Å². The van der Waals surface area contributed by atoms with Crippen LogP contribution in [-0.4, -0.2) is 49.6 Å². The Kier molecular flexibility index (Phi) is 6.16. The van der Waals surface area contributed by atoms with Crippen molar-refractivity contribution in [2.45, 2.75) is 31.7 Å². The summed E-state index contributed by atoms with van der Waals surface area (Å²) in [5.41, 5.74) is 1.06. The fraction of sp³-hybridized carbons (Fsp3) is 0.526. The molecule has 2 fully saturated rings. The second kappa shape index (κ2) is 8.54. The average molecular weight is 348 g/mol. The average Bonchev–Trinajstić information content (AvgIpc) is 3.09. The molecule has 0 spiro atoms. The molecule has 2 aliphatic rings. The first-order valence-corrected chi connectivity index (χ1v) is 9.29. The Bertz CT molecular complexity index is 584. The van der Waals surface area contributed by atoms with Crippen LogP contribution in [0.15, 0.2) is 36.4 Å². The first-order chi connectivity index (χ1) is 11.7. The van der Waals surface area contributed by atoms with Gasteiger partial charge in [-0.15, -0.1) is 0 Å². The van der Waals surface area contributed by atoms with Crippen LogP contribution < -0.4 is 10.2 Å². The zero-order valence-electron chi connectivity index (χ0n) is 14.1. The van der Waals surface area contributed by atoms with Gasteiger partial charge in [-0.2, -0.15) is 0 Å². The Balaban J connectivity index is 1.48. The summed E-state index contributed by atoms with van der Waals surface area (Å²) in [6.07, 6.45) is 8.31. The molecule has 24 heavy (non-hydrogen) atoms. The topological polar surface area (TPSA) is 35.6 Å². The standard InChI is InChI=1S/C19H26ClN3O/c20-17-8-1-2-9-18(17)23-14-5-7-16(15-23)21-19(24)10-6-13-22-11-3-4-12-22/h1-2,6,8-10,16H,3-5,7,11-15H2,(H,21,24)/b10-6+. The molecule has 0 saturated carbocycles. The molecule has 1 unspecified atom stereocenters. The van der Waals surface area contributed by atoms with Crippen LogP contribution in [0.4, 0.5) is 5.69 Å². The van der Waals surface area contributed by atoms with Crippen LogP contribution in [0.1, 0.15) is 25.7 Å². The van der Waals surface area contributed by atoms with E-state index >= 15 is 0 Å². The minimum Gasteiger partial charge on any atom is -0.368 e. The van der Waals surface area contributed by atoms with Gasteiger partial charge in [-0.25, -0.2) is 0 Å². The predicted octanol–water partition coefficient (Wildman–Crippen LogP) is 3.08. The van der Waals surface area contributed by atoms with Gasteiger partial charge in [0.25, 0.3) is 0 Å². The van der Waals surface area contributed by atoms with Crippen molar-refractivity contribution in [1.29, 1.82) is 0 Å². The Morgan fingerprint density at radius 1 is 1.21 bits per heavy atom. The molecule has 2 aliphatic heterocycles. The zero-order chi connectivity index (χ0) is 16.8. The van der Waals surface area contributed by atoms with Crippen LogP contribution >= 0.6 is 11.6 Å². The van der Waals surface area contributed by atoms with Gasteiger partial charge in [0.2, 0.25) is 5.91 Å². The molecule has 4 nitrogen and oxygen atoms in total. The first kappa shape index (κ1) is 17.3. The molecule has 0 bridgehead atoms. The molecule has 0 radical (unpaired) electrons. The lowest BCUT2D eigenvalue weighted by Gasteiger charge is -2.35. The van der Waals surface area contributed by atoms with Gasteiger partial charge in [0.1, 0.15) is 0 Å². The number of piperidine rings is 1. The van der Waals surface area contributed by atoms with Crippen LogP contribution in [0.25, 0.3) is 0 Å². The lowest BCUT2D eigenvalue weighted by atomic mass is 10.0. The highest BCUT2D eigenvalue weighted by atomic mass is 35.5. The van der Waals surface area contributed by atoms with Crippen molar-refractivity contribution >= 4 is 23.2 Å². The van der Waals surface area contributed by atoms with Crippen molar-refractivity contribution in [3.63, 3.8) is 0 Å². The lowest BCUT2D eigenvalue weighted by Crippen LogP contribution is -2.47. The third kappa shape index (κ3) is 4.74. The summed E-state index contributed by atoms with van der Waals surface area (Å²) in [4.78, 5) is 16.8. The van der Waals surface area contributed by atoms with E-state index in [2.05, 4.69) is 15.1 Å². The molecule has 2 saturated heterocycles. The van der Waals surface area contributed by atoms with Gasteiger partial charge in [-0.3, -0.25) is 9.69 Å². The Morgan fingerprint density at radius 3 is 2.79 bits per heavy atom. The molecule has 1 amide bonds. The number of rotatable bonds is 5. The summed E-state index contributed by atoms with van der Waals surface area (Å²) in [5.74, 6) is 0.0141. The largest absolute Gasteiger partial charge is 0.368 e. The molecule has 1 aromatic rings. The van der Waals surface area contributed by atoms with Gasteiger partial charge >= 0.3 is 0 Å². The summed E-state index contributed by atoms with van der Waals surface area (Å²) in [7, 11) is 0. The highest BCUT2D eigenvalue weighted by Crippen LogP contribution is 2.27. The number of hydrogen-bond donors (Lipinski definition) is 1. The van der Waals surface area contributed by atoms with E-state index in [-0.39, 0.29) is 11.9 Å². The van der Waals surface area contributed by atoms with Crippen LogP contribution in [0, 0.1) is 0 Å². The number of halogens is 1. The minimum atomic E-state index is 0.0141. The number of hydrogen-bond acceptors (Lipinski definition) is 3. The number of anilines is 1. The van der Waals surface area contributed by atoms with E-state index in [1.807, 2.05) is 30.3 Å². The number of benzene rings is 1. The smallest absolute Gasteiger partial charge is 0.243 e. The van der Waals surface area contributed by atoms with E-state index in [1.54, 1.807) is 6.08 Å². The van der Waals surface area contributed by atoms with Crippen LogP contribution in [0.5, 0.6) is 0 Å². The van der Waals surface area contributed by atoms with Gasteiger partial charge in [0.15, 0.2) is 0 Å². The van der Waals surface area contributed by atoms with Gasteiger partial charge < -0.3 is 10.2 Å². The number of nitrogens with zero attached hydrogens (tertiary/aromatic N) is 2. The molecule has 1 atom stereocenters. The van der Waals surface area contributed by atoms with Gasteiger partial charge in [0.05, 0.1) is 10.7 Å². The van der Waals surface area contributed by atoms with Crippen LogP contribution in [-0.2, 0) is 4.79 Å². The molecular weight excluding hydrogens is 322 g/mol. The molecule has 130 valence electrons.